The predicted octanol–water partition coefficient (Wildman–Crippen LogP) is 4.15. The van der Waals surface area contributed by atoms with Crippen LogP contribution in [-0.4, -0.2) is 5.91 Å². The molecule has 112 valence electrons. The van der Waals surface area contributed by atoms with E-state index in [-0.39, 0.29) is 17.4 Å². The molecule has 2 rings (SSSR count). The third-order valence-electron chi connectivity index (χ3n) is 4.02. The van der Waals surface area contributed by atoms with Crippen molar-refractivity contribution in [1.29, 1.82) is 0 Å². The number of furan rings is 1. The summed E-state index contributed by atoms with van der Waals surface area (Å²) in [4.78, 5) is 12.1. The first kappa shape index (κ1) is 15.1. The van der Waals surface area contributed by atoms with Gasteiger partial charge in [0.1, 0.15) is 11.5 Å². The molecule has 0 saturated carbocycles. The molecule has 1 N–H and O–H groups in total. The van der Waals surface area contributed by atoms with Gasteiger partial charge in [-0.3, -0.25) is 4.79 Å². The Morgan fingerprint density at radius 1 is 1.50 bits per heavy atom. The van der Waals surface area contributed by atoms with Gasteiger partial charge in [0.15, 0.2) is 0 Å². The Morgan fingerprint density at radius 3 is 2.85 bits per heavy atom. The average Bonchev–Trinajstić information content (AvgIpc) is 2.65. The van der Waals surface area contributed by atoms with E-state index in [1.54, 1.807) is 0 Å². The van der Waals surface area contributed by atoms with Crippen molar-refractivity contribution in [3.63, 3.8) is 0 Å². The van der Waals surface area contributed by atoms with Gasteiger partial charge in [0.05, 0.1) is 6.04 Å². The number of carbonyl (C=O) groups excluding carboxylic acids is 1. The minimum atomic E-state index is 0.103. The normalized spacial score (nSPS) is 20.8. The van der Waals surface area contributed by atoms with E-state index in [0.29, 0.717) is 12.3 Å². The van der Waals surface area contributed by atoms with Gasteiger partial charge in [-0.2, -0.15) is 0 Å². The van der Waals surface area contributed by atoms with Crippen LogP contribution >= 0.6 is 0 Å². The van der Waals surface area contributed by atoms with Gasteiger partial charge in [0, 0.05) is 18.4 Å². The van der Waals surface area contributed by atoms with Crippen molar-refractivity contribution >= 4 is 5.91 Å². The number of nitrogens with one attached hydrogen (secondary N) is 1. The highest BCUT2D eigenvalue weighted by molar-refractivity contribution is 5.76. The Morgan fingerprint density at radius 2 is 2.20 bits per heavy atom. The van der Waals surface area contributed by atoms with E-state index in [4.69, 9.17) is 4.42 Å². The molecule has 0 saturated heterocycles. The van der Waals surface area contributed by atoms with Crippen LogP contribution in [0.3, 0.4) is 0 Å². The number of rotatable bonds is 4. The molecule has 1 atom stereocenters. The first-order valence-corrected chi connectivity index (χ1v) is 7.65. The van der Waals surface area contributed by atoms with Crippen LogP contribution in [0.5, 0.6) is 0 Å². The molecule has 1 amide bonds. The minimum Gasteiger partial charge on any atom is -0.466 e. The number of hydrogen-bond donors (Lipinski definition) is 1. The van der Waals surface area contributed by atoms with E-state index in [9.17, 15) is 4.79 Å². The molecule has 0 unspecified atom stereocenters. The molecular formula is C17H27NO2. The molecule has 3 nitrogen and oxygen atoms in total. The SMILES string of the molecule is Cc1cc2c(o1)CC(C)(C)C[C@@H]2NC(=O)CCC(C)C. The van der Waals surface area contributed by atoms with Crippen molar-refractivity contribution in [2.75, 3.05) is 0 Å². The second-order valence-corrected chi connectivity index (χ2v) is 7.33. The van der Waals surface area contributed by atoms with E-state index < -0.39 is 0 Å². The topological polar surface area (TPSA) is 42.2 Å². The molecule has 3 heteroatoms. The lowest BCUT2D eigenvalue weighted by atomic mass is 9.74. The van der Waals surface area contributed by atoms with Crippen molar-refractivity contribution in [3.8, 4) is 0 Å². The van der Waals surface area contributed by atoms with Gasteiger partial charge in [0.2, 0.25) is 5.91 Å². The zero-order chi connectivity index (χ0) is 14.9. The van der Waals surface area contributed by atoms with Gasteiger partial charge < -0.3 is 9.73 Å². The summed E-state index contributed by atoms with van der Waals surface area (Å²) >= 11 is 0. The monoisotopic (exact) mass is 277 g/mol. The van der Waals surface area contributed by atoms with Gasteiger partial charge in [-0.25, -0.2) is 0 Å². The highest BCUT2D eigenvalue weighted by Crippen LogP contribution is 2.42. The van der Waals surface area contributed by atoms with Crippen LogP contribution in [0.25, 0.3) is 0 Å². The van der Waals surface area contributed by atoms with E-state index in [0.717, 1.165) is 30.8 Å². The maximum absolute atomic E-state index is 12.1. The Kier molecular flexibility index (Phi) is 4.26. The molecule has 20 heavy (non-hydrogen) atoms. The number of fused-ring (bicyclic) bond motifs is 1. The molecule has 0 fully saturated rings. The highest BCUT2D eigenvalue weighted by atomic mass is 16.3. The zero-order valence-electron chi connectivity index (χ0n) is 13.4. The summed E-state index contributed by atoms with van der Waals surface area (Å²) in [6, 6.07) is 2.18. The first-order valence-electron chi connectivity index (χ1n) is 7.65. The summed E-state index contributed by atoms with van der Waals surface area (Å²) in [6.07, 6.45) is 3.49. The Balaban J connectivity index is 2.09. The van der Waals surface area contributed by atoms with E-state index in [1.807, 2.05) is 6.92 Å². The first-order chi connectivity index (χ1) is 9.27. The molecule has 0 aromatic carbocycles. The molecule has 1 aliphatic rings. The Hall–Kier alpha value is -1.25. The molecule has 0 radical (unpaired) electrons. The van der Waals surface area contributed by atoms with Crippen LogP contribution in [0.15, 0.2) is 10.5 Å². The number of aryl methyl sites for hydroxylation is 1. The summed E-state index contributed by atoms with van der Waals surface area (Å²) in [5.74, 6) is 2.71. The van der Waals surface area contributed by atoms with Crippen molar-refractivity contribution in [3.05, 3.63) is 23.2 Å². The predicted molar refractivity (Wildman–Crippen MR) is 80.5 cm³/mol. The summed E-state index contributed by atoms with van der Waals surface area (Å²) in [7, 11) is 0. The van der Waals surface area contributed by atoms with E-state index >= 15 is 0 Å². The minimum absolute atomic E-state index is 0.103. The lowest BCUT2D eigenvalue weighted by Crippen LogP contribution is -2.36. The molecule has 1 aromatic heterocycles. The van der Waals surface area contributed by atoms with Gasteiger partial charge >= 0.3 is 0 Å². The molecule has 1 aliphatic carbocycles. The van der Waals surface area contributed by atoms with Crippen LogP contribution in [0, 0.1) is 18.3 Å². The summed E-state index contributed by atoms with van der Waals surface area (Å²) in [5.41, 5.74) is 1.35. The fraction of sp³-hybridized carbons (Fsp3) is 0.706. The lowest BCUT2D eigenvalue weighted by molar-refractivity contribution is -0.122. The van der Waals surface area contributed by atoms with Crippen molar-refractivity contribution in [1.82, 2.24) is 5.32 Å². The van der Waals surface area contributed by atoms with Gasteiger partial charge in [-0.15, -0.1) is 0 Å². The van der Waals surface area contributed by atoms with Crippen molar-refractivity contribution in [2.24, 2.45) is 11.3 Å². The van der Waals surface area contributed by atoms with Crippen molar-refractivity contribution < 1.29 is 9.21 Å². The molecule has 0 spiro atoms. The number of hydrogen-bond acceptors (Lipinski definition) is 2. The fourth-order valence-electron chi connectivity index (χ4n) is 3.00. The second-order valence-electron chi connectivity index (χ2n) is 7.33. The molecule has 0 bridgehead atoms. The maximum atomic E-state index is 12.1. The largest absolute Gasteiger partial charge is 0.466 e. The van der Waals surface area contributed by atoms with E-state index in [1.165, 1.54) is 5.56 Å². The molecule has 1 heterocycles. The van der Waals surface area contributed by atoms with Gasteiger partial charge in [-0.05, 0) is 37.2 Å². The van der Waals surface area contributed by atoms with Gasteiger partial charge in [0.25, 0.3) is 0 Å². The molecule has 1 aromatic rings. The fourth-order valence-corrected chi connectivity index (χ4v) is 3.00. The number of amides is 1. The van der Waals surface area contributed by atoms with Crippen LogP contribution in [-0.2, 0) is 11.2 Å². The van der Waals surface area contributed by atoms with Crippen LogP contribution in [0.2, 0.25) is 0 Å². The number of carbonyl (C=O) groups is 1. The third-order valence-corrected chi connectivity index (χ3v) is 4.02. The van der Waals surface area contributed by atoms with Crippen LogP contribution in [0.1, 0.15) is 70.1 Å². The van der Waals surface area contributed by atoms with Crippen molar-refractivity contribution in [2.45, 2.75) is 66.3 Å². The Labute approximate surface area is 122 Å². The zero-order valence-corrected chi connectivity index (χ0v) is 13.4. The smallest absolute Gasteiger partial charge is 0.220 e. The molecular weight excluding hydrogens is 250 g/mol. The molecule has 0 aliphatic heterocycles. The summed E-state index contributed by atoms with van der Waals surface area (Å²) < 4.78 is 5.80. The summed E-state index contributed by atoms with van der Waals surface area (Å²) in [6.45, 7) is 10.7. The lowest BCUT2D eigenvalue weighted by Gasteiger charge is -2.34. The van der Waals surface area contributed by atoms with E-state index in [2.05, 4.69) is 39.1 Å². The highest BCUT2D eigenvalue weighted by Gasteiger charge is 2.35. The second kappa shape index (κ2) is 5.63. The third kappa shape index (κ3) is 3.65. The Bertz CT molecular complexity index is 485. The maximum Gasteiger partial charge on any atom is 0.220 e. The summed E-state index contributed by atoms with van der Waals surface area (Å²) in [5, 5.41) is 3.20. The van der Waals surface area contributed by atoms with Crippen LogP contribution < -0.4 is 5.32 Å². The standard InChI is InChI=1S/C17H27NO2/c1-11(2)6-7-16(19)18-14-9-17(4,5)10-15-13(14)8-12(3)20-15/h8,11,14H,6-7,9-10H2,1-5H3,(H,18,19)/t14-/m0/s1. The quantitative estimate of drug-likeness (QED) is 0.898. The average molecular weight is 277 g/mol. The van der Waals surface area contributed by atoms with Gasteiger partial charge in [-0.1, -0.05) is 27.7 Å². The van der Waals surface area contributed by atoms with Crippen LogP contribution in [0.4, 0.5) is 0 Å².